The Labute approximate surface area is 417 Å². The summed E-state index contributed by atoms with van der Waals surface area (Å²) in [7, 11) is 5.02. The van der Waals surface area contributed by atoms with Crippen LogP contribution in [-0.4, -0.2) is 148 Å². The van der Waals surface area contributed by atoms with E-state index in [2.05, 4.69) is 37.9 Å². The zero-order valence-electron chi connectivity index (χ0n) is 39.4. The van der Waals surface area contributed by atoms with E-state index in [0.29, 0.717) is 122 Å². The Morgan fingerprint density at radius 3 is 1.51 bits per heavy atom. The van der Waals surface area contributed by atoms with E-state index in [1.165, 1.54) is 11.1 Å². The Bertz CT molecular complexity index is 2020. The van der Waals surface area contributed by atoms with E-state index in [1.807, 2.05) is 25.1 Å². The van der Waals surface area contributed by atoms with Crippen molar-refractivity contribution in [3.8, 4) is 11.5 Å². The number of aliphatic hydroxyl groups excluding tert-OH is 2. The minimum Gasteiger partial charge on any atom is -0.657 e. The number of aromatic nitrogens is 1. The van der Waals surface area contributed by atoms with Gasteiger partial charge in [-0.15, -0.1) is 11.4 Å². The number of benzene rings is 1. The van der Waals surface area contributed by atoms with Crippen molar-refractivity contribution in [3.63, 3.8) is 0 Å². The van der Waals surface area contributed by atoms with E-state index in [4.69, 9.17) is 57.9 Å². The van der Waals surface area contributed by atoms with Gasteiger partial charge in [-0.1, -0.05) is 37.1 Å². The molecule has 4 rings (SSSR count). The number of rotatable bonds is 33. The first-order valence-corrected chi connectivity index (χ1v) is 22.4. The molecule has 1 aromatic carbocycles. The number of methoxy groups -OCH3 is 2. The molecule has 0 spiro atoms. The van der Waals surface area contributed by atoms with Crippen molar-refractivity contribution in [1.29, 1.82) is 0 Å². The fraction of sp³-hybridized carbons (Fsp3) is 0.551. The molecule has 0 fully saturated rings. The van der Waals surface area contributed by atoms with Crippen LogP contribution in [0.4, 0.5) is 5.69 Å². The Morgan fingerprint density at radius 1 is 0.615 bits per heavy atom. The van der Waals surface area contributed by atoms with E-state index >= 15 is 0 Å². The summed E-state index contributed by atoms with van der Waals surface area (Å²) in [6.45, 7) is 13.9. The number of ether oxygens (including phenoxy) is 8. The quantitative estimate of drug-likeness (QED) is 0.0571. The van der Waals surface area contributed by atoms with Gasteiger partial charge < -0.3 is 53.1 Å². The average molecular weight is 1050 g/mol. The summed E-state index contributed by atoms with van der Waals surface area (Å²) < 4.78 is 44.6. The molecule has 3 heterocycles. The molecule has 1 aromatic heterocycles. The van der Waals surface area contributed by atoms with Gasteiger partial charge in [0.2, 0.25) is 0 Å². The van der Waals surface area contributed by atoms with Crippen molar-refractivity contribution in [2.24, 2.45) is 20.0 Å². The van der Waals surface area contributed by atoms with Gasteiger partial charge in [-0.2, -0.15) is 0 Å². The van der Waals surface area contributed by atoms with Crippen molar-refractivity contribution >= 4 is 41.7 Å². The minimum atomic E-state index is 0. The number of hydrogen-bond donors (Lipinski definition) is 2. The largest absolute Gasteiger partial charge is 0.657 e. The Balaban J connectivity index is 0.0000112. The van der Waals surface area contributed by atoms with Gasteiger partial charge in [0.15, 0.2) is 11.5 Å². The van der Waals surface area contributed by atoms with Crippen LogP contribution in [0.2, 0.25) is 0 Å². The molecule has 0 saturated carbocycles. The molecule has 0 amide bonds. The normalized spacial score (nSPS) is 15.4. The van der Waals surface area contributed by atoms with Crippen LogP contribution in [0.5, 0.6) is 11.5 Å². The van der Waals surface area contributed by atoms with Crippen LogP contribution in [0.1, 0.15) is 75.9 Å². The summed E-state index contributed by atoms with van der Waals surface area (Å²) >= 11 is 0. The fourth-order valence-corrected chi connectivity index (χ4v) is 7.17. The fourth-order valence-electron chi connectivity index (χ4n) is 7.17. The summed E-state index contributed by atoms with van der Waals surface area (Å²) in [4.78, 5) is 24.3. The van der Waals surface area contributed by atoms with Gasteiger partial charge in [-0.05, 0) is 86.8 Å². The number of aliphatic hydroxyl groups is 2. The topological polar surface area (TPSA) is 178 Å². The summed E-state index contributed by atoms with van der Waals surface area (Å²) in [5.74, 6) is 1.09. The molecule has 0 atom stereocenters. The molecular weight excluding hydrogens is 976 g/mol. The average Bonchev–Trinajstić information content (AvgIpc) is 3.90. The standard InChI is InChI=1S/C49H70N5O10.Gd/c1-8-38-39(9-2)43(52-42(38)31-44-40(12-10-16-55)35(3)46(53-44)33-50-5)32-45-41(13-11-17-56)36(4)47(54-45)34-51-37-14-15-48(63-28-26-61-24-22-59-20-18-57-6)49(30-37)64-29-27-62-25-23-60-21-19-58-7;/h14-15,30-34,55-56H,8-13,16-29H2,1-7H3;/q-1;/b44-31-,45-32-,50-33?,51-34?;. The second kappa shape index (κ2) is 32.4. The molecule has 0 aliphatic carbocycles. The Hall–Kier alpha value is -3.26. The maximum absolute atomic E-state index is 9.85. The van der Waals surface area contributed by atoms with Gasteiger partial charge >= 0.3 is 0 Å². The van der Waals surface area contributed by atoms with E-state index in [9.17, 15) is 10.2 Å². The van der Waals surface area contributed by atoms with Crippen LogP contribution >= 0.6 is 0 Å². The molecule has 2 aliphatic heterocycles. The van der Waals surface area contributed by atoms with Crippen LogP contribution < -0.4 is 14.5 Å². The molecule has 0 bridgehead atoms. The zero-order valence-corrected chi connectivity index (χ0v) is 41.7. The van der Waals surface area contributed by atoms with E-state index in [1.54, 1.807) is 33.7 Å². The van der Waals surface area contributed by atoms with Gasteiger partial charge in [-0.3, -0.25) is 9.98 Å². The van der Waals surface area contributed by atoms with E-state index in [0.717, 1.165) is 69.3 Å². The predicted octanol–water partition coefficient (Wildman–Crippen LogP) is 6.76. The number of allylic oxidation sites excluding steroid dienone is 4. The molecule has 2 N–H and O–H groups in total. The van der Waals surface area contributed by atoms with Gasteiger partial charge in [0.05, 0.1) is 101 Å². The van der Waals surface area contributed by atoms with Crippen LogP contribution in [0.15, 0.2) is 71.9 Å². The summed E-state index contributed by atoms with van der Waals surface area (Å²) in [6.07, 6.45) is 11.9. The molecule has 0 radical (unpaired) electrons. The molecule has 65 heavy (non-hydrogen) atoms. The second-order valence-electron chi connectivity index (χ2n) is 14.9. The van der Waals surface area contributed by atoms with Crippen molar-refractivity contribution in [2.45, 2.75) is 66.2 Å². The Kier molecular flexibility index (Phi) is 28.0. The van der Waals surface area contributed by atoms with E-state index < -0.39 is 0 Å². The third-order valence-corrected chi connectivity index (χ3v) is 10.5. The maximum atomic E-state index is 9.85. The zero-order chi connectivity index (χ0) is 45.9. The number of aliphatic imine (C=N–C) groups is 4. The third-order valence-electron chi connectivity index (χ3n) is 10.5. The molecule has 2 aromatic rings. The molecule has 16 heteroatoms. The van der Waals surface area contributed by atoms with Crippen molar-refractivity contribution in [3.05, 3.63) is 74.4 Å². The van der Waals surface area contributed by atoms with Crippen LogP contribution in [0, 0.1) is 39.9 Å². The monoisotopic (exact) mass is 1050 g/mol. The van der Waals surface area contributed by atoms with Crippen molar-refractivity contribution < 1.29 is 88.0 Å². The molecule has 2 aliphatic rings. The van der Waals surface area contributed by atoms with Crippen LogP contribution in [0.25, 0.3) is 12.2 Å². The van der Waals surface area contributed by atoms with Gasteiger partial charge in [0, 0.05) is 86.7 Å². The molecular formula is C49H70GdN5O10-. The SMILES string of the molecule is CCc1c(/C=C2\N=C(C=NC)C(C)=C2CCCO)[n-]c(/C=C2\N=C(C=Nc3ccc(OCCOCCOCCOC)c(OCCOCCOCCOC)c3)C(C)=C2CCCO)c1CC.[Gd]. The molecule has 15 nitrogen and oxygen atoms in total. The predicted molar refractivity (Wildman–Crippen MR) is 254 cm³/mol. The van der Waals surface area contributed by atoms with Crippen molar-refractivity contribution in [1.82, 2.24) is 4.98 Å². The minimum absolute atomic E-state index is 0. The maximum Gasteiger partial charge on any atom is 0.163 e. The second-order valence-corrected chi connectivity index (χ2v) is 14.9. The summed E-state index contributed by atoms with van der Waals surface area (Å²) in [5.41, 5.74) is 12.2. The van der Waals surface area contributed by atoms with Gasteiger partial charge in [0.25, 0.3) is 0 Å². The first-order chi connectivity index (χ1) is 31.3. The summed E-state index contributed by atoms with van der Waals surface area (Å²) in [6, 6.07) is 5.55. The smallest absolute Gasteiger partial charge is 0.163 e. The van der Waals surface area contributed by atoms with Gasteiger partial charge in [0.1, 0.15) is 13.2 Å². The van der Waals surface area contributed by atoms with Crippen LogP contribution in [-0.2, 0) is 41.3 Å². The molecule has 360 valence electrons. The first-order valence-electron chi connectivity index (χ1n) is 22.4. The number of hydrogen-bond acceptors (Lipinski definition) is 14. The van der Waals surface area contributed by atoms with E-state index in [-0.39, 0.29) is 53.2 Å². The van der Waals surface area contributed by atoms with Gasteiger partial charge in [-0.25, -0.2) is 9.98 Å². The Morgan fingerprint density at radius 2 is 1.06 bits per heavy atom. The first kappa shape index (κ1) is 56.1. The van der Waals surface area contributed by atoms with Crippen molar-refractivity contribution in [2.75, 3.05) is 114 Å². The molecule has 0 unspecified atom stereocenters. The summed E-state index contributed by atoms with van der Waals surface area (Å²) in [5, 5.41) is 19.5. The molecule has 0 saturated heterocycles. The third kappa shape index (κ3) is 18.1. The number of nitrogens with zero attached hydrogens (tertiary/aromatic N) is 5. The van der Waals surface area contributed by atoms with Crippen LogP contribution in [0.3, 0.4) is 0 Å².